The van der Waals surface area contributed by atoms with Gasteiger partial charge in [0, 0.05) is 6.54 Å². The van der Waals surface area contributed by atoms with Gasteiger partial charge in [-0.1, -0.05) is 25.3 Å². The average molecular weight is 368 g/mol. The summed E-state index contributed by atoms with van der Waals surface area (Å²) in [5.74, 6) is 1.67. The smallest absolute Gasteiger partial charge is 0.275 e. The fourth-order valence-corrected chi connectivity index (χ4v) is 5.58. The molecule has 1 saturated carbocycles. The van der Waals surface area contributed by atoms with E-state index in [2.05, 4.69) is 5.32 Å². The molecule has 1 heterocycles. The Balaban J connectivity index is 1.39. The third-order valence-corrected chi connectivity index (χ3v) is 6.75. The van der Waals surface area contributed by atoms with Crippen molar-refractivity contribution in [2.75, 3.05) is 25.7 Å². The van der Waals surface area contributed by atoms with Crippen molar-refractivity contribution >= 4 is 13.5 Å². The zero-order valence-corrected chi connectivity index (χ0v) is 15.3. The maximum atomic E-state index is 12.1. The van der Waals surface area contributed by atoms with Crippen molar-refractivity contribution in [2.45, 2.75) is 38.6 Å². The monoisotopic (exact) mass is 368 g/mol. The van der Waals surface area contributed by atoms with E-state index in [1.54, 1.807) is 0 Å². The van der Waals surface area contributed by atoms with Gasteiger partial charge in [0.25, 0.3) is 7.72 Å². The van der Waals surface area contributed by atoms with Crippen LogP contribution in [0.15, 0.2) is 18.2 Å². The molecule has 3 rings (SSSR count). The van der Waals surface area contributed by atoms with Gasteiger partial charge in [-0.3, -0.25) is 4.79 Å². The van der Waals surface area contributed by atoms with Gasteiger partial charge in [0.1, 0.15) is 6.16 Å². The van der Waals surface area contributed by atoms with Gasteiger partial charge in [-0.15, -0.1) is 0 Å². The van der Waals surface area contributed by atoms with Crippen LogP contribution in [0.3, 0.4) is 0 Å². The van der Waals surface area contributed by atoms with E-state index in [-0.39, 0.29) is 25.3 Å². The second-order valence-corrected chi connectivity index (χ2v) is 9.49. The number of ketones is 1. The molecule has 1 aromatic carbocycles. The quantitative estimate of drug-likeness (QED) is 0.611. The molecule has 25 heavy (non-hydrogen) atoms. The lowest BCUT2D eigenvalue weighted by atomic mass is 9.91. The van der Waals surface area contributed by atoms with Crippen LogP contribution >= 0.6 is 7.72 Å². The van der Waals surface area contributed by atoms with Crippen LogP contribution in [0.2, 0.25) is 0 Å². The van der Waals surface area contributed by atoms with Crippen LogP contribution in [-0.4, -0.2) is 41.2 Å². The third-order valence-electron chi connectivity index (χ3n) is 4.79. The van der Waals surface area contributed by atoms with E-state index in [0.717, 1.165) is 37.0 Å². The Kier molecular flexibility index (Phi) is 6.29. The molecule has 7 heteroatoms. The SMILES string of the molecule is O=C(CNCc1ccc2c(c1)OCO2)C[P+](O)(O)CC1CCCCC1. The van der Waals surface area contributed by atoms with Gasteiger partial charge in [0.2, 0.25) is 6.79 Å². The van der Waals surface area contributed by atoms with Gasteiger partial charge in [0.15, 0.2) is 23.4 Å². The summed E-state index contributed by atoms with van der Waals surface area (Å²) in [5.41, 5.74) is 0.994. The van der Waals surface area contributed by atoms with Crippen molar-refractivity contribution in [3.8, 4) is 11.5 Å². The van der Waals surface area contributed by atoms with E-state index >= 15 is 0 Å². The lowest BCUT2D eigenvalue weighted by Crippen LogP contribution is -2.27. The van der Waals surface area contributed by atoms with Crippen LogP contribution in [0.1, 0.15) is 37.7 Å². The minimum absolute atomic E-state index is 0.113. The molecule has 0 unspecified atom stereocenters. The number of hydrogen-bond acceptors (Lipinski definition) is 6. The normalized spacial score (nSPS) is 17.7. The number of carbonyl (C=O) groups excluding carboxylic acids is 1. The Morgan fingerprint density at radius 2 is 1.92 bits per heavy atom. The molecule has 1 aliphatic carbocycles. The van der Waals surface area contributed by atoms with Gasteiger partial charge in [-0.05, 0) is 36.5 Å². The van der Waals surface area contributed by atoms with E-state index in [0.29, 0.717) is 24.4 Å². The highest BCUT2D eigenvalue weighted by Crippen LogP contribution is 2.53. The number of Topliss-reactive ketones (excluding diaryl/α,β-unsaturated/α-hetero) is 1. The fourth-order valence-electron chi connectivity index (χ4n) is 3.58. The van der Waals surface area contributed by atoms with Gasteiger partial charge in [0.05, 0.1) is 6.54 Å². The summed E-state index contributed by atoms with van der Waals surface area (Å²) in [6.07, 6.45) is 5.96. The second-order valence-electron chi connectivity index (χ2n) is 7.05. The van der Waals surface area contributed by atoms with E-state index in [1.807, 2.05) is 18.2 Å². The Hall–Kier alpha value is -1.20. The summed E-state index contributed by atoms with van der Waals surface area (Å²) in [5, 5.41) is 3.07. The predicted molar refractivity (Wildman–Crippen MR) is 96.9 cm³/mol. The van der Waals surface area contributed by atoms with Crippen molar-refractivity contribution < 1.29 is 24.1 Å². The maximum Gasteiger partial charge on any atom is 0.275 e. The number of benzene rings is 1. The van der Waals surface area contributed by atoms with Crippen LogP contribution < -0.4 is 14.8 Å². The molecule has 6 nitrogen and oxygen atoms in total. The summed E-state index contributed by atoms with van der Waals surface area (Å²) < 4.78 is 10.6. The Morgan fingerprint density at radius 3 is 2.72 bits per heavy atom. The minimum Gasteiger partial charge on any atom is -0.454 e. The number of nitrogens with one attached hydrogen (secondary N) is 1. The van der Waals surface area contributed by atoms with Crippen LogP contribution in [-0.2, 0) is 11.3 Å². The number of fused-ring (bicyclic) bond motifs is 1. The molecule has 0 amide bonds. The molecule has 3 N–H and O–H groups in total. The summed E-state index contributed by atoms with van der Waals surface area (Å²) in [6.45, 7) is 0.903. The largest absolute Gasteiger partial charge is 0.454 e. The molecule has 138 valence electrons. The molecule has 0 aromatic heterocycles. The summed E-state index contributed by atoms with van der Waals surface area (Å²) >= 11 is 0. The van der Waals surface area contributed by atoms with Crippen molar-refractivity contribution in [3.05, 3.63) is 23.8 Å². The van der Waals surface area contributed by atoms with Crippen molar-refractivity contribution in [3.63, 3.8) is 0 Å². The first-order valence-corrected chi connectivity index (χ1v) is 11.0. The van der Waals surface area contributed by atoms with Crippen molar-refractivity contribution in [1.29, 1.82) is 0 Å². The zero-order chi connectivity index (χ0) is 17.7. The Labute approximate surface area is 149 Å². The lowest BCUT2D eigenvalue weighted by Gasteiger charge is -2.23. The van der Waals surface area contributed by atoms with Crippen LogP contribution in [0.4, 0.5) is 0 Å². The van der Waals surface area contributed by atoms with Gasteiger partial charge < -0.3 is 14.8 Å². The molecule has 0 bridgehead atoms. The Bertz CT molecular complexity index is 601. The van der Waals surface area contributed by atoms with E-state index < -0.39 is 7.72 Å². The summed E-state index contributed by atoms with van der Waals surface area (Å²) in [7, 11) is -3.12. The number of ether oxygens (including phenoxy) is 2. The highest BCUT2D eigenvalue weighted by atomic mass is 31.2. The maximum absolute atomic E-state index is 12.1. The zero-order valence-electron chi connectivity index (χ0n) is 14.4. The lowest BCUT2D eigenvalue weighted by molar-refractivity contribution is -0.116. The fraction of sp³-hybridized carbons (Fsp3) is 0.611. The van der Waals surface area contributed by atoms with E-state index in [4.69, 9.17) is 9.47 Å². The molecule has 0 saturated heterocycles. The highest BCUT2D eigenvalue weighted by Gasteiger charge is 2.39. The molecule has 1 aliphatic heterocycles. The van der Waals surface area contributed by atoms with Crippen LogP contribution in [0.5, 0.6) is 11.5 Å². The first-order valence-electron chi connectivity index (χ1n) is 8.95. The third kappa shape index (κ3) is 5.65. The van der Waals surface area contributed by atoms with E-state index in [1.165, 1.54) is 6.42 Å². The molecule has 0 atom stereocenters. The Morgan fingerprint density at radius 1 is 1.16 bits per heavy atom. The average Bonchev–Trinajstić information content (AvgIpc) is 3.02. The second kappa shape index (κ2) is 8.45. The van der Waals surface area contributed by atoms with Crippen LogP contribution in [0.25, 0.3) is 0 Å². The highest BCUT2D eigenvalue weighted by molar-refractivity contribution is 7.65. The molecular weight excluding hydrogens is 341 g/mol. The van der Waals surface area contributed by atoms with Crippen molar-refractivity contribution in [2.24, 2.45) is 5.92 Å². The topological polar surface area (TPSA) is 88.0 Å². The molecule has 2 aliphatic rings. The molecule has 0 spiro atoms. The predicted octanol–water partition coefficient (Wildman–Crippen LogP) is 2.49. The number of hydrogen-bond donors (Lipinski definition) is 3. The molecular formula is C18H27NO5P+. The standard InChI is InChI=1S/C18H27NO5P/c20-16(12-25(21,22)11-14-4-2-1-3-5-14)10-19-9-15-6-7-17-18(8-15)24-13-23-17/h6-8,14,19,21-22H,1-5,9-13H2/q+1. The van der Waals surface area contributed by atoms with E-state index in [9.17, 15) is 14.6 Å². The molecule has 0 radical (unpaired) electrons. The van der Waals surface area contributed by atoms with Gasteiger partial charge in [-0.2, -0.15) is 0 Å². The summed E-state index contributed by atoms with van der Waals surface area (Å²) in [6, 6.07) is 5.66. The number of carbonyl (C=O) groups is 1. The van der Waals surface area contributed by atoms with Crippen LogP contribution in [0, 0.1) is 5.92 Å². The molecule has 1 fully saturated rings. The number of rotatable bonds is 8. The molecule has 1 aromatic rings. The van der Waals surface area contributed by atoms with Gasteiger partial charge in [-0.25, -0.2) is 9.79 Å². The first kappa shape index (κ1) is 18.6. The van der Waals surface area contributed by atoms with Crippen molar-refractivity contribution in [1.82, 2.24) is 5.32 Å². The minimum atomic E-state index is -3.12. The first-order chi connectivity index (χ1) is 12.0. The summed E-state index contributed by atoms with van der Waals surface area (Å²) in [4.78, 5) is 32.6. The van der Waals surface area contributed by atoms with Gasteiger partial charge >= 0.3 is 0 Å².